The van der Waals surface area contributed by atoms with Crippen LogP contribution in [0, 0.1) is 5.92 Å². The number of amides is 2. The minimum Gasteiger partial charge on any atom is -0.274 e. The fourth-order valence-electron chi connectivity index (χ4n) is 2.54. The van der Waals surface area contributed by atoms with Crippen molar-refractivity contribution >= 4 is 44.0 Å². The molecule has 0 unspecified atom stereocenters. The number of carbonyl (C=O) groups excluding carboxylic acids is 2. The first-order valence-electron chi connectivity index (χ1n) is 8.07. The summed E-state index contributed by atoms with van der Waals surface area (Å²) in [6.45, 7) is 4.09. The number of aromatic nitrogens is 2. The van der Waals surface area contributed by atoms with Gasteiger partial charge < -0.3 is 0 Å². The summed E-state index contributed by atoms with van der Waals surface area (Å²) in [6.07, 6.45) is 1.08. The normalized spacial score (nSPS) is 15.1. The van der Waals surface area contributed by atoms with Crippen molar-refractivity contribution in [3.05, 3.63) is 29.3 Å². The minimum atomic E-state index is -3.83. The second-order valence-corrected chi connectivity index (χ2v) is 9.07. The third kappa shape index (κ3) is 3.91. The highest BCUT2D eigenvalue weighted by Gasteiger charge is 2.30. The summed E-state index contributed by atoms with van der Waals surface area (Å²) in [7, 11) is -3.83. The van der Waals surface area contributed by atoms with Crippen LogP contribution in [0.1, 0.15) is 31.7 Å². The molecule has 2 heterocycles. The van der Waals surface area contributed by atoms with E-state index >= 15 is 0 Å². The van der Waals surface area contributed by atoms with E-state index in [-0.39, 0.29) is 34.7 Å². The standard InChI is InChI=1S/C16H18N4O4S2/c1-10(2)9-13-17-18-16(25-13)19-26(23,24)12-5-3-11(4-6-12)20-14(21)7-8-15(20)22/h3-6,10H,7-9H2,1-2H3,(H,18,19). The van der Waals surface area contributed by atoms with Gasteiger partial charge in [0.1, 0.15) is 5.01 Å². The largest absolute Gasteiger partial charge is 0.274 e. The highest BCUT2D eigenvalue weighted by Crippen LogP contribution is 2.26. The number of hydrogen-bond acceptors (Lipinski definition) is 7. The smallest absolute Gasteiger partial charge is 0.263 e. The molecule has 0 atom stereocenters. The van der Waals surface area contributed by atoms with E-state index in [2.05, 4.69) is 14.9 Å². The van der Waals surface area contributed by atoms with Crippen molar-refractivity contribution in [3.63, 3.8) is 0 Å². The molecule has 2 amide bonds. The van der Waals surface area contributed by atoms with Crippen LogP contribution < -0.4 is 9.62 Å². The van der Waals surface area contributed by atoms with Gasteiger partial charge in [-0.15, -0.1) is 10.2 Å². The van der Waals surface area contributed by atoms with Gasteiger partial charge >= 0.3 is 0 Å². The van der Waals surface area contributed by atoms with Crippen LogP contribution in [0.15, 0.2) is 29.2 Å². The minimum absolute atomic E-state index is 0.0148. The molecule has 2 aromatic rings. The predicted molar refractivity (Wildman–Crippen MR) is 97.4 cm³/mol. The van der Waals surface area contributed by atoms with E-state index < -0.39 is 10.0 Å². The van der Waals surface area contributed by atoms with Gasteiger partial charge in [0.25, 0.3) is 10.0 Å². The molecule has 1 fully saturated rings. The summed E-state index contributed by atoms with van der Waals surface area (Å²) in [6, 6.07) is 5.60. The number of hydrogen-bond donors (Lipinski definition) is 1. The Balaban J connectivity index is 1.76. The van der Waals surface area contributed by atoms with Gasteiger partial charge in [0.2, 0.25) is 16.9 Å². The first-order chi connectivity index (χ1) is 12.3. The molecule has 10 heteroatoms. The maximum Gasteiger partial charge on any atom is 0.263 e. The molecule has 1 aliphatic heterocycles. The summed E-state index contributed by atoms with van der Waals surface area (Å²) in [4.78, 5) is 24.6. The monoisotopic (exact) mass is 394 g/mol. The van der Waals surface area contributed by atoms with Gasteiger partial charge in [0.05, 0.1) is 10.6 Å². The van der Waals surface area contributed by atoms with E-state index in [1.807, 2.05) is 13.8 Å². The SMILES string of the molecule is CC(C)Cc1nnc(NS(=O)(=O)c2ccc(N3C(=O)CCC3=O)cc2)s1. The molecule has 0 bridgehead atoms. The van der Waals surface area contributed by atoms with E-state index in [1.165, 1.54) is 35.6 Å². The van der Waals surface area contributed by atoms with Crippen LogP contribution in [0.2, 0.25) is 0 Å². The number of nitrogens with zero attached hydrogens (tertiary/aromatic N) is 3. The maximum atomic E-state index is 12.5. The van der Waals surface area contributed by atoms with Crippen molar-refractivity contribution in [1.82, 2.24) is 10.2 Å². The van der Waals surface area contributed by atoms with E-state index in [0.29, 0.717) is 11.6 Å². The lowest BCUT2D eigenvalue weighted by atomic mass is 10.1. The average molecular weight is 394 g/mol. The third-order valence-corrected chi connectivity index (χ3v) is 6.07. The molecular weight excluding hydrogens is 376 g/mol. The predicted octanol–water partition coefficient (Wildman–Crippen LogP) is 2.19. The van der Waals surface area contributed by atoms with E-state index in [9.17, 15) is 18.0 Å². The number of sulfonamides is 1. The van der Waals surface area contributed by atoms with Crippen molar-refractivity contribution in [2.24, 2.45) is 5.92 Å². The van der Waals surface area contributed by atoms with E-state index in [1.54, 1.807) is 0 Å². The van der Waals surface area contributed by atoms with Crippen molar-refractivity contribution < 1.29 is 18.0 Å². The van der Waals surface area contributed by atoms with Crippen molar-refractivity contribution in [3.8, 4) is 0 Å². The summed E-state index contributed by atoms with van der Waals surface area (Å²) in [5, 5.41) is 8.80. The lowest BCUT2D eigenvalue weighted by molar-refractivity contribution is -0.121. The van der Waals surface area contributed by atoms with Crippen LogP contribution in [0.5, 0.6) is 0 Å². The van der Waals surface area contributed by atoms with Crippen molar-refractivity contribution in [2.75, 3.05) is 9.62 Å². The molecule has 26 heavy (non-hydrogen) atoms. The Kier molecular flexibility index (Phi) is 5.05. The summed E-state index contributed by atoms with van der Waals surface area (Å²) in [5.41, 5.74) is 0.367. The molecule has 8 nitrogen and oxygen atoms in total. The van der Waals surface area contributed by atoms with Gasteiger partial charge in [-0.05, 0) is 30.2 Å². The first kappa shape index (κ1) is 18.5. The molecule has 1 N–H and O–H groups in total. The third-order valence-electron chi connectivity index (χ3n) is 3.73. The second kappa shape index (κ2) is 7.12. The zero-order valence-corrected chi connectivity index (χ0v) is 15.9. The summed E-state index contributed by atoms with van der Waals surface area (Å²) in [5.74, 6) is -0.165. The molecule has 1 aliphatic rings. The fraction of sp³-hybridized carbons (Fsp3) is 0.375. The molecule has 1 saturated heterocycles. The van der Waals surface area contributed by atoms with Crippen molar-refractivity contribution in [2.45, 2.75) is 38.0 Å². The zero-order valence-electron chi connectivity index (χ0n) is 14.3. The van der Waals surface area contributed by atoms with Crippen LogP contribution in [-0.4, -0.2) is 30.4 Å². The molecule has 0 spiro atoms. The number of benzene rings is 1. The Morgan fingerprint density at radius 2 is 1.73 bits per heavy atom. The molecule has 3 rings (SSSR count). The average Bonchev–Trinajstić information content (AvgIpc) is 3.13. The van der Waals surface area contributed by atoms with E-state index in [0.717, 1.165) is 16.3 Å². The molecular formula is C16H18N4O4S2. The Labute approximate surface area is 155 Å². The molecule has 0 saturated carbocycles. The Morgan fingerprint density at radius 1 is 1.12 bits per heavy atom. The van der Waals surface area contributed by atoms with Crippen LogP contribution in [0.3, 0.4) is 0 Å². The van der Waals surface area contributed by atoms with Crippen LogP contribution in [0.25, 0.3) is 0 Å². The highest BCUT2D eigenvalue weighted by atomic mass is 32.2. The topological polar surface area (TPSA) is 109 Å². The number of imide groups is 1. The summed E-state index contributed by atoms with van der Waals surface area (Å²) < 4.78 is 27.4. The molecule has 0 aliphatic carbocycles. The van der Waals surface area contributed by atoms with Gasteiger partial charge in [0, 0.05) is 19.3 Å². The zero-order chi connectivity index (χ0) is 18.9. The Hall–Kier alpha value is -2.33. The van der Waals surface area contributed by atoms with Gasteiger partial charge in [-0.25, -0.2) is 8.42 Å². The molecule has 138 valence electrons. The molecule has 0 radical (unpaired) electrons. The van der Waals surface area contributed by atoms with Crippen molar-refractivity contribution in [1.29, 1.82) is 0 Å². The van der Waals surface area contributed by atoms with E-state index in [4.69, 9.17) is 0 Å². The van der Waals surface area contributed by atoms with Crippen LogP contribution in [0.4, 0.5) is 10.8 Å². The van der Waals surface area contributed by atoms with Crippen LogP contribution in [-0.2, 0) is 26.0 Å². The van der Waals surface area contributed by atoms with Gasteiger partial charge in [-0.3, -0.25) is 19.2 Å². The lowest BCUT2D eigenvalue weighted by Crippen LogP contribution is -2.28. The Morgan fingerprint density at radius 3 is 2.31 bits per heavy atom. The molecule has 1 aromatic heterocycles. The van der Waals surface area contributed by atoms with Gasteiger partial charge in [-0.2, -0.15) is 0 Å². The van der Waals surface area contributed by atoms with Crippen LogP contribution >= 0.6 is 11.3 Å². The quantitative estimate of drug-likeness (QED) is 0.752. The first-order valence-corrected chi connectivity index (χ1v) is 10.4. The number of nitrogens with one attached hydrogen (secondary N) is 1. The molecule has 1 aromatic carbocycles. The number of rotatable bonds is 6. The van der Waals surface area contributed by atoms with Gasteiger partial charge in [-0.1, -0.05) is 25.2 Å². The fourth-order valence-corrected chi connectivity index (χ4v) is 4.72. The Bertz CT molecular complexity index is 919. The lowest BCUT2D eigenvalue weighted by Gasteiger charge is -2.14. The number of carbonyl (C=O) groups is 2. The number of anilines is 2. The highest BCUT2D eigenvalue weighted by molar-refractivity contribution is 7.93. The maximum absolute atomic E-state index is 12.5. The van der Waals surface area contributed by atoms with Gasteiger partial charge in [0.15, 0.2) is 0 Å². The second-order valence-electron chi connectivity index (χ2n) is 6.32. The summed E-state index contributed by atoms with van der Waals surface area (Å²) >= 11 is 1.20.